The second-order valence-electron chi connectivity index (χ2n) is 17.7. The first-order valence-corrected chi connectivity index (χ1v) is 21.3. The Hall–Kier alpha value is -2.18. The molecule has 6 rings (SSSR count). The molecule has 6 heteroatoms. The lowest BCUT2D eigenvalue weighted by molar-refractivity contribution is 0.0850. The molecule has 1 aromatic heterocycles. The third-order valence-electron chi connectivity index (χ3n) is 13.5. The third-order valence-corrected chi connectivity index (χ3v) is 18.0. The normalized spacial score (nSPS) is 33.4. The molecule has 252 valence electrons. The van der Waals surface area contributed by atoms with Crippen LogP contribution in [0.4, 0.5) is 0 Å². The van der Waals surface area contributed by atoms with E-state index >= 15 is 0 Å². The molecule has 2 aromatic rings. The van der Waals surface area contributed by atoms with Crippen molar-refractivity contribution in [3.05, 3.63) is 68.3 Å². The molecule has 0 N–H and O–H groups in total. The fourth-order valence-electron chi connectivity index (χ4n) is 10.1. The summed E-state index contributed by atoms with van der Waals surface area (Å²) >= 11 is 0. The molecular formula is C40H60N2O3Si. The van der Waals surface area contributed by atoms with Crippen LogP contribution >= 0.6 is 0 Å². The Morgan fingerprint density at radius 2 is 1.65 bits per heavy atom. The second kappa shape index (κ2) is 12.1. The summed E-state index contributed by atoms with van der Waals surface area (Å²) in [5.41, 5.74) is 3.33. The van der Waals surface area contributed by atoms with Crippen molar-refractivity contribution in [3.8, 4) is 0 Å². The Morgan fingerprint density at radius 3 is 2.28 bits per heavy atom. The van der Waals surface area contributed by atoms with Crippen LogP contribution in [0.25, 0.3) is 10.8 Å². The van der Waals surface area contributed by atoms with Crippen LogP contribution in [0.3, 0.4) is 0 Å². The predicted octanol–water partition coefficient (Wildman–Crippen LogP) is 9.83. The van der Waals surface area contributed by atoms with Crippen molar-refractivity contribution in [2.45, 2.75) is 143 Å². The molecule has 3 fully saturated rings. The van der Waals surface area contributed by atoms with Crippen molar-refractivity contribution < 1.29 is 4.43 Å². The molecule has 0 bridgehead atoms. The fourth-order valence-corrected chi connectivity index (χ4v) is 11.5. The zero-order valence-corrected chi connectivity index (χ0v) is 31.4. The van der Waals surface area contributed by atoms with Gasteiger partial charge in [-0.3, -0.25) is 9.59 Å². The highest BCUT2D eigenvalue weighted by molar-refractivity contribution is 6.74. The SMILES string of the molecule is C/C(=C\C(C)C)C(C)C1CCC2/C(=C/C3C4CC(O[Si](C)(C)C(C)(C)C)CCC4n4c(=O)c5ccccc5c(=O)n43)CCCC21C. The summed E-state index contributed by atoms with van der Waals surface area (Å²) in [5, 5.41) is 1.25. The van der Waals surface area contributed by atoms with Gasteiger partial charge in [-0.1, -0.05) is 83.9 Å². The molecule has 0 amide bonds. The van der Waals surface area contributed by atoms with Gasteiger partial charge in [-0.15, -0.1) is 0 Å². The first-order valence-electron chi connectivity index (χ1n) is 18.4. The molecule has 0 spiro atoms. The monoisotopic (exact) mass is 644 g/mol. The van der Waals surface area contributed by atoms with Gasteiger partial charge in [0.05, 0.1) is 22.9 Å². The molecule has 0 radical (unpaired) electrons. The van der Waals surface area contributed by atoms with E-state index in [0.717, 1.165) is 25.7 Å². The molecule has 3 aliphatic carbocycles. The van der Waals surface area contributed by atoms with Gasteiger partial charge in [0.2, 0.25) is 0 Å². The zero-order valence-electron chi connectivity index (χ0n) is 30.4. The standard InChI is InChI=1S/C40H60N2O3Si/c1-25(2)22-26(3)27(4)33-18-19-34-28(14-13-21-40(33,34)8)23-36-32-24-29(45-46(9,10)39(5,6)7)17-20-35(32)41-37(43)30-15-11-12-16-31(30)38(44)42(36)41/h11-12,15-16,22-23,25,27,29,32-36H,13-14,17-21,24H2,1-10H3/b26-22+,28-23+. The maximum Gasteiger partial charge on any atom is 0.273 e. The molecule has 2 heterocycles. The Kier molecular flexibility index (Phi) is 8.83. The highest BCUT2D eigenvalue weighted by Gasteiger charge is 2.53. The summed E-state index contributed by atoms with van der Waals surface area (Å²) in [5.74, 6) is 2.54. The minimum absolute atomic E-state index is 0.00878. The van der Waals surface area contributed by atoms with Crippen molar-refractivity contribution in [1.82, 2.24) is 9.36 Å². The molecular weight excluding hydrogens is 585 g/mol. The van der Waals surface area contributed by atoms with Crippen molar-refractivity contribution in [3.63, 3.8) is 0 Å². The lowest BCUT2D eigenvalue weighted by Crippen LogP contribution is -2.46. The largest absolute Gasteiger partial charge is 0.414 e. The molecule has 8 unspecified atom stereocenters. The molecule has 4 aliphatic rings. The lowest BCUT2D eigenvalue weighted by Gasteiger charge is -2.45. The van der Waals surface area contributed by atoms with Gasteiger partial charge in [0.25, 0.3) is 11.1 Å². The quantitative estimate of drug-likeness (QED) is 0.232. The fraction of sp³-hybridized carbons (Fsp3) is 0.700. The molecule has 5 nitrogen and oxygen atoms in total. The van der Waals surface area contributed by atoms with Crippen molar-refractivity contribution in [2.75, 3.05) is 0 Å². The van der Waals surface area contributed by atoms with Crippen molar-refractivity contribution >= 4 is 19.1 Å². The first-order chi connectivity index (χ1) is 21.5. The molecule has 1 aliphatic heterocycles. The van der Waals surface area contributed by atoms with Gasteiger partial charge in [0.1, 0.15) is 0 Å². The number of nitrogens with zero attached hydrogens (tertiary/aromatic N) is 2. The van der Waals surface area contributed by atoms with E-state index < -0.39 is 8.32 Å². The topological polar surface area (TPSA) is 53.2 Å². The first kappa shape index (κ1) is 33.7. The van der Waals surface area contributed by atoms with E-state index in [0.29, 0.717) is 34.4 Å². The van der Waals surface area contributed by atoms with Gasteiger partial charge in [-0.05, 0) is 118 Å². The van der Waals surface area contributed by atoms with Crippen molar-refractivity contribution in [2.24, 2.45) is 35.0 Å². The number of fused-ring (bicyclic) bond motifs is 5. The number of aromatic nitrogens is 2. The average molecular weight is 645 g/mol. The van der Waals surface area contributed by atoms with Gasteiger partial charge < -0.3 is 4.43 Å². The maximum absolute atomic E-state index is 14.3. The minimum atomic E-state index is -1.96. The second-order valence-corrected chi connectivity index (χ2v) is 22.4. The highest BCUT2D eigenvalue weighted by atomic mass is 28.4. The van der Waals surface area contributed by atoms with Gasteiger partial charge in [-0.2, -0.15) is 0 Å². The Labute approximate surface area is 278 Å². The Morgan fingerprint density at radius 1 is 1.00 bits per heavy atom. The summed E-state index contributed by atoms with van der Waals surface area (Å²) in [4.78, 5) is 28.5. The van der Waals surface area contributed by atoms with Crippen LogP contribution < -0.4 is 11.1 Å². The lowest BCUT2D eigenvalue weighted by atomic mass is 9.60. The smallest absolute Gasteiger partial charge is 0.273 e. The molecule has 1 aromatic carbocycles. The van der Waals surface area contributed by atoms with Gasteiger partial charge >= 0.3 is 0 Å². The van der Waals surface area contributed by atoms with Gasteiger partial charge in [0.15, 0.2) is 8.32 Å². The highest BCUT2D eigenvalue weighted by Crippen LogP contribution is 2.61. The molecule has 46 heavy (non-hydrogen) atoms. The number of hydrogen-bond acceptors (Lipinski definition) is 3. The molecule has 3 saturated carbocycles. The van der Waals surface area contributed by atoms with E-state index in [1.54, 1.807) is 11.1 Å². The van der Waals surface area contributed by atoms with Crippen LogP contribution in [0.1, 0.15) is 119 Å². The summed E-state index contributed by atoms with van der Waals surface area (Å²) in [6.45, 7) is 23.6. The minimum Gasteiger partial charge on any atom is -0.414 e. The Balaban J connectivity index is 1.42. The third kappa shape index (κ3) is 5.57. The summed E-state index contributed by atoms with van der Waals surface area (Å²) < 4.78 is 10.8. The van der Waals surface area contributed by atoms with E-state index in [-0.39, 0.29) is 45.7 Å². The van der Waals surface area contributed by atoms with Gasteiger partial charge in [-0.25, -0.2) is 9.36 Å². The van der Waals surface area contributed by atoms with Crippen LogP contribution in [0.5, 0.6) is 0 Å². The van der Waals surface area contributed by atoms with Crippen molar-refractivity contribution in [1.29, 1.82) is 0 Å². The zero-order chi connectivity index (χ0) is 33.3. The van der Waals surface area contributed by atoms with Crippen LogP contribution in [0.2, 0.25) is 18.1 Å². The van der Waals surface area contributed by atoms with E-state index in [1.807, 2.05) is 33.6 Å². The van der Waals surface area contributed by atoms with Crippen LogP contribution in [0.15, 0.2) is 57.2 Å². The summed E-state index contributed by atoms with van der Waals surface area (Å²) in [6.07, 6.45) is 13.9. The average Bonchev–Trinajstić information content (AvgIpc) is 3.49. The summed E-state index contributed by atoms with van der Waals surface area (Å²) in [6, 6.07) is 7.37. The van der Waals surface area contributed by atoms with E-state index in [2.05, 4.69) is 80.6 Å². The van der Waals surface area contributed by atoms with E-state index in [9.17, 15) is 9.59 Å². The summed E-state index contributed by atoms with van der Waals surface area (Å²) in [7, 11) is -1.96. The maximum atomic E-state index is 14.3. The van der Waals surface area contributed by atoms with E-state index in [4.69, 9.17) is 4.43 Å². The molecule has 0 saturated heterocycles. The van der Waals surface area contributed by atoms with Crippen LogP contribution in [0, 0.1) is 35.0 Å². The Bertz CT molecular complexity index is 1650. The van der Waals surface area contributed by atoms with E-state index in [1.165, 1.54) is 25.7 Å². The number of allylic oxidation sites excluding steroid dienone is 4. The van der Waals surface area contributed by atoms with Crippen LogP contribution in [-0.2, 0) is 4.43 Å². The number of benzene rings is 1. The predicted molar refractivity (Wildman–Crippen MR) is 194 cm³/mol. The van der Waals surface area contributed by atoms with Crippen LogP contribution in [-0.4, -0.2) is 23.8 Å². The van der Waals surface area contributed by atoms with Gasteiger partial charge in [0, 0.05) is 12.0 Å². The number of hydrogen-bond donors (Lipinski definition) is 0. The molecule has 8 atom stereocenters. The number of rotatable bonds is 6.